The maximum absolute atomic E-state index is 11.4. The number of rotatable bonds is 1. The molecule has 5 nitrogen and oxygen atoms in total. The second-order valence-corrected chi connectivity index (χ2v) is 2.83. The molecule has 2 rings (SSSR count). The number of aromatic nitrogens is 2. The van der Waals surface area contributed by atoms with E-state index in [1.165, 1.54) is 18.5 Å². The third kappa shape index (κ3) is 1.24. The van der Waals surface area contributed by atoms with Gasteiger partial charge in [-0.1, -0.05) is 0 Å². The summed E-state index contributed by atoms with van der Waals surface area (Å²) in [5.41, 5.74) is 5.45. The van der Waals surface area contributed by atoms with Crippen LogP contribution in [-0.4, -0.2) is 15.9 Å². The van der Waals surface area contributed by atoms with E-state index in [4.69, 9.17) is 5.73 Å². The monoisotopic (exact) mass is 189 g/mol. The molecule has 2 heterocycles. The molecule has 0 radical (unpaired) electrons. The average molecular weight is 189 g/mol. The van der Waals surface area contributed by atoms with E-state index in [0.29, 0.717) is 10.9 Å². The van der Waals surface area contributed by atoms with Crippen LogP contribution in [0.3, 0.4) is 0 Å². The van der Waals surface area contributed by atoms with Crippen LogP contribution in [0.2, 0.25) is 0 Å². The second-order valence-electron chi connectivity index (χ2n) is 2.83. The maximum Gasteiger partial charge on any atom is 0.265 e. The van der Waals surface area contributed by atoms with Crippen LogP contribution in [0.1, 0.15) is 10.5 Å². The summed E-state index contributed by atoms with van der Waals surface area (Å²) in [4.78, 5) is 28.8. The van der Waals surface area contributed by atoms with E-state index in [1.807, 2.05) is 0 Å². The Labute approximate surface area is 78.6 Å². The minimum atomic E-state index is -0.652. The number of H-pyrrole nitrogens is 1. The van der Waals surface area contributed by atoms with Gasteiger partial charge in [0.15, 0.2) is 5.43 Å². The number of nitrogens with one attached hydrogen (secondary N) is 1. The largest absolute Gasteiger partial charge is 0.364 e. The van der Waals surface area contributed by atoms with E-state index < -0.39 is 5.91 Å². The number of nitrogens with two attached hydrogens (primary N) is 1. The number of hydrogen-bond donors (Lipinski definition) is 2. The minimum absolute atomic E-state index is 0.105. The average Bonchev–Trinajstić information content (AvgIpc) is 2.17. The molecule has 0 aliphatic carbocycles. The van der Waals surface area contributed by atoms with Gasteiger partial charge in [0.2, 0.25) is 0 Å². The van der Waals surface area contributed by atoms with Gasteiger partial charge in [0.25, 0.3) is 5.91 Å². The first kappa shape index (κ1) is 8.43. The zero-order valence-electron chi connectivity index (χ0n) is 7.15. The summed E-state index contributed by atoms with van der Waals surface area (Å²) < 4.78 is 0. The number of nitrogens with zero attached hydrogens (tertiary/aromatic N) is 1. The molecule has 2 aromatic heterocycles. The van der Waals surface area contributed by atoms with E-state index in [-0.39, 0.29) is 11.1 Å². The molecule has 0 aromatic carbocycles. The predicted octanol–water partition coefficient (Wildman–Crippen LogP) is 0.0220. The molecule has 5 heteroatoms. The quantitative estimate of drug-likeness (QED) is 0.662. The van der Waals surface area contributed by atoms with E-state index in [9.17, 15) is 9.59 Å². The molecule has 0 aliphatic heterocycles. The van der Waals surface area contributed by atoms with Crippen molar-refractivity contribution in [3.05, 3.63) is 40.4 Å². The molecule has 0 spiro atoms. The van der Waals surface area contributed by atoms with E-state index in [1.54, 1.807) is 6.07 Å². The number of amides is 1. The molecule has 14 heavy (non-hydrogen) atoms. The van der Waals surface area contributed by atoms with Crippen molar-refractivity contribution in [2.24, 2.45) is 5.73 Å². The number of hydrogen-bond acceptors (Lipinski definition) is 3. The fourth-order valence-corrected chi connectivity index (χ4v) is 1.22. The molecule has 0 unspecified atom stereocenters. The van der Waals surface area contributed by atoms with Crippen LogP contribution in [0, 0.1) is 0 Å². The lowest BCUT2D eigenvalue weighted by molar-refractivity contribution is 0.0996. The van der Waals surface area contributed by atoms with Crippen molar-refractivity contribution in [3.8, 4) is 0 Å². The number of pyridine rings is 2. The Hall–Kier alpha value is -2.17. The van der Waals surface area contributed by atoms with Crippen molar-refractivity contribution in [2.45, 2.75) is 0 Å². The van der Waals surface area contributed by atoms with E-state index >= 15 is 0 Å². The Bertz CT molecular complexity index is 559. The first-order valence-electron chi connectivity index (χ1n) is 3.95. The van der Waals surface area contributed by atoms with Crippen molar-refractivity contribution in [1.82, 2.24) is 9.97 Å². The highest BCUT2D eigenvalue weighted by Gasteiger charge is 2.05. The van der Waals surface area contributed by atoms with Gasteiger partial charge in [0.1, 0.15) is 5.69 Å². The SMILES string of the molecule is NC(=O)c1cc(=O)c2cnccc2[nH]1. The lowest BCUT2D eigenvalue weighted by atomic mass is 10.2. The van der Waals surface area contributed by atoms with Gasteiger partial charge >= 0.3 is 0 Å². The molecule has 1 amide bonds. The van der Waals surface area contributed by atoms with Gasteiger partial charge < -0.3 is 10.7 Å². The summed E-state index contributed by atoms with van der Waals surface area (Å²) in [5, 5.41) is 0.442. The van der Waals surface area contributed by atoms with Gasteiger partial charge in [0.05, 0.1) is 10.9 Å². The van der Waals surface area contributed by atoms with Crippen LogP contribution in [0.4, 0.5) is 0 Å². The highest BCUT2D eigenvalue weighted by atomic mass is 16.1. The molecular formula is C9H7N3O2. The Morgan fingerprint density at radius 1 is 1.50 bits per heavy atom. The lowest BCUT2D eigenvalue weighted by Gasteiger charge is -1.99. The van der Waals surface area contributed by atoms with Crippen LogP contribution in [-0.2, 0) is 0 Å². The molecule has 70 valence electrons. The third-order valence-electron chi connectivity index (χ3n) is 1.90. The molecule has 0 aliphatic rings. The van der Waals surface area contributed by atoms with Crippen LogP contribution in [0.5, 0.6) is 0 Å². The zero-order chi connectivity index (χ0) is 10.1. The Morgan fingerprint density at radius 2 is 2.29 bits per heavy atom. The van der Waals surface area contributed by atoms with Crippen molar-refractivity contribution >= 4 is 16.8 Å². The number of carbonyl (C=O) groups excluding carboxylic acids is 1. The minimum Gasteiger partial charge on any atom is -0.364 e. The smallest absolute Gasteiger partial charge is 0.265 e. The normalized spacial score (nSPS) is 10.3. The van der Waals surface area contributed by atoms with Crippen LogP contribution in [0.15, 0.2) is 29.3 Å². The van der Waals surface area contributed by atoms with Gasteiger partial charge in [-0.25, -0.2) is 0 Å². The summed E-state index contributed by atoms with van der Waals surface area (Å²) in [6, 6.07) is 2.79. The van der Waals surface area contributed by atoms with Crippen molar-refractivity contribution in [1.29, 1.82) is 0 Å². The van der Waals surface area contributed by atoms with E-state index in [2.05, 4.69) is 9.97 Å². The Balaban J connectivity index is 2.86. The second kappa shape index (κ2) is 2.95. The fourth-order valence-electron chi connectivity index (χ4n) is 1.22. The van der Waals surface area contributed by atoms with Gasteiger partial charge in [-0.15, -0.1) is 0 Å². The van der Waals surface area contributed by atoms with Gasteiger partial charge in [-0.2, -0.15) is 0 Å². The van der Waals surface area contributed by atoms with Gasteiger partial charge in [-0.3, -0.25) is 14.6 Å². The van der Waals surface area contributed by atoms with Crippen LogP contribution < -0.4 is 11.2 Å². The molecule has 0 saturated heterocycles. The number of aromatic amines is 1. The third-order valence-corrected chi connectivity index (χ3v) is 1.90. The Kier molecular flexibility index (Phi) is 1.78. The van der Waals surface area contributed by atoms with Gasteiger partial charge in [0, 0.05) is 18.5 Å². The first-order valence-corrected chi connectivity index (χ1v) is 3.95. The van der Waals surface area contributed by atoms with Crippen molar-refractivity contribution < 1.29 is 4.79 Å². The topological polar surface area (TPSA) is 88.8 Å². The zero-order valence-corrected chi connectivity index (χ0v) is 7.15. The predicted molar refractivity (Wildman–Crippen MR) is 50.9 cm³/mol. The molecule has 0 fully saturated rings. The Morgan fingerprint density at radius 3 is 3.00 bits per heavy atom. The standard InChI is InChI=1S/C9H7N3O2/c10-9(14)7-3-8(13)5-4-11-2-1-6(5)12-7/h1-4H,(H2,10,14)(H,12,13). The highest BCUT2D eigenvalue weighted by molar-refractivity contribution is 5.93. The molecule has 2 aromatic rings. The van der Waals surface area contributed by atoms with Crippen LogP contribution >= 0.6 is 0 Å². The van der Waals surface area contributed by atoms with Gasteiger partial charge in [-0.05, 0) is 6.07 Å². The number of fused-ring (bicyclic) bond motifs is 1. The number of carbonyl (C=O) groups is 1. The van der Waals surface area contributed by atoms with Crippen molar-refractivity contribution in [3.63, 3.8) is 0 Å². The lowest BCUT2D eigenvalue weighted by Crippen LogP contribution is -2.16. The molecule has 0 atom stereocenters. The maximum atomic E-state index is 11.4. The van der Waals surface area contributed by atoms with E-state index in [0.717, 1.165) is 0 Å². The van der Waals surface area contributed by atoms with Crippen LogP contribution in [0.25, 0.3) is 10.9 Å². The summed E-state index contributed by atoms with van der Waals surface area (Å²) in [7, 11) is 0. The highest BCUT2D eigenvalue weighted by Crippen LogP contribution is 2.04. The first-order chi connectivity index (χ1) is 6.68. The summed E-state index contributed by atoms with van der Waals surface area (Å²) >= 11 is 0. The number of primary amides is 1. The van der Waals surface area contributed by atoms with Crippen molar-refractivity contribution in [2.75, 3.05) is 0 Å². The summed E-state index contributed by atoms with van der Waals surface area (Å²) in [6.45, 7) is 0. The molecule has 0 bridgehead atoms. The molecule has 3 N–H and O–H groups in total. The molecular weight excluding hydrogens is 182 g/mol. The fraction of sp³-hybridized carbons (Fsp3) is 0. The summed E-state index contributed by atoms with van der Waals surface area (Å²) in [5.74, 6) is -0.652. The molecule has 0 saturated carbocycles. The summed E-state index contributed by atoms with van der Waals surface area (Å²) in [6.07, 6.45) is 2.97.